The molecule has 0 aliphatic heterocycles. The Hall–Kier alpha value is -8.16. The van der Waals surface area contributed by atoms with E-state index in [1.165, 1.54) is 26.7 Å². The molecule has 2 saturated carbocycles. The lowest BCUT2D eigenvalue weighted by Gasteiger charge is -2.30. The van der Waals surface area contributed by atoms with Gasteiger partial charge in [0.1, 0.15) is 34.9 Å². The van der Waals surface area contributed by atoms with Crippen molar-refractivity contribution >= 4 is 45.3 Å². The van der Waals surface area contributed by atoms with Crippen LogP contribution in [-0.4, -0.2) is 114 Å². The summed E-state index contributed by atoms with van der Waals surface area (Å²) in [5, 5.41) is 33.7. The van der Waals surface area contributed by atoms with Crippen molar-refractivity contribution < 1.29 is 75.4 Å². The summed E-state index contributed by atoms with van der Waals surface area (Å²) in [6, 6.07) is 9.20. The first kappa shape index (κ1) is 70.2. The first-order chi connectivity index (χ1) is 44.3. The van der Waals surface area contributed by atoms with Crippen molar-refractivity contribution in [1.29, 1.82) is 0 Å². The number of nitrogens with zero attached hydrogens (tertiary/aromatic N) is 15. The normalized spacial score (nSPS) is 14.4. The van der Waals surface area contributed by atoms with Crippen LogP contribution in [0.2, 0.25) is 0 Å². The maximum atomic E-state index is 15.1. The lowest BCUT2D eigenvalue weighted by molar-refractivity contribution is -0.144. The van der Waals surface area contributed by atoms with Crippen LogP contribution in [0.15, 0.2) is 72.8 Å². The first-order valence-electron chi connectivity index (χ1n) is 30.3. The number of aliphatic hydroxyl groups excluding tert-OH is 1. The molecular weight excluding hydrogens is 1270 g/mol. The third-order valence-corrected chi connectivity index (χ3v) is 16.3. The Morgan fingerprint density at radius 3 is 1.16 bits per heavy atom. The molecule has 32 heteroatoms. The predicted molar refractivity (Wildman–Crippen MR) is 317 cm³/mol. The SMILES string of the molecule is CCN(CC1CCCC1)c1nc2cc(F)cc(F)c2cc1CN(Cc1cc(C(F)(F)F)cc(C(F)(F)F)c1)c1nnn(CCN(C)C)n1.CCN(CC1CCCC1)c1nc2cc(F)cc(F)c2cc1CN(Cc1cc(C(F)(F)F)cc(C(F)(F)F)c1)c1nnn(CCO)n1. The first-order valence-corrected chi connectivity index (χ1v) is 30.3. The molecule has 1 N–H and O–H groups in total. The molecule has 16 nitrogen and oxygen atoms in total. The van der Waals surface area contributed by atoms with Crippen LogP contribution in [0.4, 0.5) is 93.8 Å². The maximum absolute atomic E-state index is 15.1. The van der Waals surface area contributed by atoms with E-state index in [-0.39, 0.29) is 83.2 Å². The molecule has 4 aromatic carbocycles. The molecule has 4 heterocycles. The van der Waals surface area contributed by atoms with Crippen molar-refractivity contribution in [2.45, 2.75) is 129 Å². The van der Waals surface area contributed by atoms with E-state index in [0.717, 1.165) is 74.4 Å². The molecule has 4 aromatic heterocycles. The van der Waals surface area contributed by atoms with Gasteiger partial charge in [-0.1, -0.05) is 35.9 Å². The monoisotopic (exact) mass is 1340 g/mol. The summed E-state index contributed by atoms with van der Waals surface area (Å²) < 4.78 is 223. The van der Waals surface area contributed by atoms with E-state index in [9.17, 15) is 71.0 Å². The number of hydrogen-bond acceptors (Lipinski definition) is 14. The van der Waals surface area contributed by atoms with Gasteiger partial charge in [0.2, 0.25) is 0 Å². The molecular formula is C62H67F16N15O. The fraction of sp³-hybridized carbons (Fsp3) is 0.484. The summed E-state index contributed by atoms with van der Waals surface area (Å²) in [5.74, 6) is -2.16. The minimum atomic E-state index is -5.06. The Labute approximate surface area is 529 Å². The molecule has 0 radical (unpaired) electrons. The maximum Gasteiger partial charge on any atom is 0.416 e. The number of pyridine rings is 2. The Morgan fingerprint density at radius 2 is 0.830 bits per heavy atom. The lowest BCUT2D eigenvalue weighted by atomic mass is 10.0. The Kier molecular flexibility index (Phi) is 21.8. The molecule has 0 bridgehead atoms. The highest BCUT2D eigenvalue weighted by Crippen LogP contribution is 2.41. The number of halogens is 16. The van der Waals surface area contributed by atoms with E-state index in [2.05, 4.69) is 40.8 Å². The van der Waals surface area contributed by atoms with E-state index in [0.29, 0.717) is 104 Å². The number of rotatable bonds is 23. The summed E-state index contributed by atoms with van der Waals surface area (Å²) in [7, 11) is 3.67. The van der Waals surface area contributed by atoms with Crippen LogP contribution in [0.1, 0.15) is 110 Å². The Balaban J connectivity index is 0.000000222. The molecule has 10 rings (SSSR count). The quantitative estimate of drug-likeness (QED) is 0.0605. The topological polar surface area (TPSA) is 149 Å². The summed E-state index contributed by atoms with van der Waals surface area (Å²) in [6.45, 7) is 4.91. The van der Waals surface area contributed by atoms with Gasteiger partial charge in [0.25, 0.3) is 11.9 Å². The van der Waals surface area contributed by atoms with Crippen LogP contribution < -0.4 is 19.6 Å². The van der Waals surface area contributed by atoms with Crippen LogP contribution in [0.5, 0.6) is 0 Å². The summed E-state index contributed by atoms with van der Waals surface area (Å²) >= 11 is 0. The molecule has 508 valence electrons. The van der Waals surface area contributed by atoms with Crippen molar-refractivity contribution in [3.63, 3.8) is 0 Å². The van der Waals surface area contributed by atoms with Gasteiger partial charge in [-0.25, -0.2) is 27.5 Å². The van der Waals surface area contributed by atoms with E-state index >= 15 is 4.39 Å². The molecule has 0 saturated heterocycles. The molecule has 94 heavy (non-hydrogen) atoms. The second-order valence-corrected chi connectivity index (χ2v) is 23.7. The van der Waals surface area contributed by atoms with Gasteiger partial charge >= 0.3 is 24.7 Å². The average molecular weight is 1340 g/mol. The van der Waals surface area contributed by atoms with Gasteiger partial charge in [-0.05, 0) is 136 Å². The zero-order chi connectivity index (χ0) is 68.0. The van der Waals surface area contributed by atoms with Crippen molar-refractivity contribution in [2.24, 2.45) is 11.8 Å². The molecule has 0 amide bonds. The molecule has 0 unspecified atom stereocenters. The van der Waals surface area contributed by atoms with E-state index < -0.39 is 83.3 Å². The minimum absolute atomic E-state index is 0.00745. The number of likely N-dealkylation sites (N-methyl/N-ethyl adjacent to an activating group) is 1. The zero-order valence-corrected chi connectivity index (χ0v) is 51.4. The largest absolute Gasteiger partial charge is 0.416 e. The van der Waals surface area contributed by atoms with Crippen molar-refractivity contribution in [3.8, 4) is 0 Å². The molecule has 0 atom stereocenters. The second-order valence-electron chi connectivity index (χ2n) is 23.7. The third-order valence-electron chi connectivity index (χ3n) is 16.3. The molecule has 2 fully saturated rings. The second kappa shape index (κ2) is 29.2. The van der Waals surface area contributed by atoms with Crippen LogP contribution in [0.25, 0.3) is 21.8 Å². The number of tetrazole rings is 2. The van der Waals surface area contributed by atoms with Gasteiger partial charge in [-0.3, -0.25) is 0 Å². The van der Waals surface area contributed by atoms with Gasteiger partial charge in [-0.2, -0.15) is 62.3 Å². The van der Waals surface area contributed by atoms with Crippen LogP contribution in [0, 0.1) is 35.1 Å². The van der Waals surface area contributed by atoms with Crippen LogP contribution in [-0.2, 0) is 64.0 Å². The van der Waals surface area contributed by atoms with Gasteiger partial charge in [0, 0.05) is 105 Å². The van der Waals surface area contributed by atoms with Crippen LogP contribution >= 0.6 is 0 Å². The lowest BCUT2D eigenvalue weighted by Crippen LogP contribution is -2.32. The fourth-order valence-electron chi connectivity index (χ4n) is 11.7. The minimum Gasteiger partial charge on any atom is -0.394 e. The number of aliphatic hydroxyl groups is 1. The molecule has 2 aliphatic carbocycles. The fourth-order valence-corrected chi connectivity index (χ4v) is 11.7. The van der Waals surface area contributed by atoms with Gasteiger partial charge < -0.3 is 29.6 Å². The number of aromatic nitrogens is 10. The smallest absolute Gasteiger partial charge is 0.394 e. The van der Waals surface area contributed by atoms with E-state index in [4.69, 9.17) is 0 Å². The summed E-state index contributed by atoms with van der Waals surface area (Å²) in [6.07, 6.45) is -11.9. The van der Waals surface area contributed by atoms with Gasteiger partial charge in [-0.15, -0.1) is 10.2 Å². The third kappa shape index (κ3) is 17.8. The molecule has 2 aliphatic rings. The summed E-state index contributed by atoms with van der Waals surface area (Å²) in [4.78, 5) is 20.1. The average Bonchev–Trinajstić information content (AvgIpc) is 1.09. The molecule has 0 spiro atoms. The Morgan fingerprint density at radius 1 is 0.468 bits per heavy atom. The van der Waals surface area contributed by atoms with E-state index in [1.54, 1.807) is 0 Å². The highest BCUT2D eigenvalue weighted by Gasteiger charge is 2.39. The standard InChI is InChI=1S/C32H36F8N8.C30H31F8N7O/c1-4-46(17-20-7-5-6-8-20)29-22(13-26-27(34)15-25(33)16-28(26)41-29)19-47(30-42-44-48(43-30)10-9-45(2)3)18-21-11-23(31(35,36)37)14-24(12-21)32(38,39)40;1-2-43(15-18-5-3-4-6-18)27-20(11-24-25(32)13-23(31)14-26(24)39-27)17-44(28-40-42-45(41-28)7-8-46)16-19-9-21(29(33,34)35)12-22(10-19)30(36,37)38/h11-16,20H,4-10,17-19H2,1-3H3;9-14,18,46H,2-8,15-17H2,1H3. The van der Waals surface area contributed by atoms with Crippen molar-refractivity contribution in [3.05, 3.63) is 141 Å². The number of hydrogen-bond donors (Lipinski definition) is 1. The van der Waals surface area contributed by atoms with Crippen molar-refractivity contribution in [1.82, 2.24) is 55.3 Å². The number of fused-ring (bicyclic) bond motifs is 2. The Bertz CT molecular complexity index is 3810. The zero-order valence-electron chi connectivity index (χ0n) is 51.4. The number of alkyl halides is 12. The predicted octanol–water partition coefficient (Wildman–Crippen LogP) is 14.1. The highest BCUT2D eigenvalue weighted by molar-refractivity contribution is 5.84. The van der Waals surface area contributed by atoms with Crippen molar-refractivity contribution in [2.75, 3.05) is 73.0 Å². The van der Waals surface area contributed by atoms with Crippen LogP contribution in [0.3, 0.4) is 0 Å². The summed E-state index contributed by atoms with van der Waals surface area (Å²) in [5.41, 5.74) is -5.65. The van der Waals surface area contributed by atoms with E-state index in [1.807, 2.05) is 42.6 Å². The van der Waals surface area contributed by atoms with Gasteiger partial charge in [0.15, 0.2) is 0 Å². The number of benzene rings is 4. The molecule has 8 aromatic rings. The van der Waals surface area contributed by atoms with Gasteiger partial charge in [0.05, 0.1) is 53.0 Å². The highest BCUT2D eigenvalue weighted by atomic mass is 19.4. The number of anilines is 4.